The summed E-state index contributed by atoms with van der Waals surface area (Å²) in [6.45, 7) is -0.125. The summed E-state index contributed by atoms with van der Waals surface area (Å²) in [5.74, 6) is -0.0411. The lowest BCUT2D eigenvalue weighted by Gasteiger charge is -2.15. The molecule has 27 heavy (non-hydrogen) atoms. The second kappa shape index (κ2) is 8.35. The van der Waals surface area contributed by atoms with Gasteiger partial charge in [0.05, 0.1) is 34.9 Å². The number of aliphatic hydroxyl groups excluding tert-OH is 1. The van der Waals surface area contributed by atoms with Gasteiger partial charge < -0.3 is 9.84 Å². The highest BCUT2D eigenvalue weighted by Crippen LogP contribution is 2.41. The number of aliphatic hydroxyl groups is 1. The smallest absolute Gasteiger partial charge is 0.272 e. The molecule has 3 rings (SSSR count). The van der Waals surface area contributed by atoms with E-state index in [2.05, 4.69) is 0 Å². The van der Waals surface area contributed by atoms with Crippen LogP contribution in [-0.4, -0.2) is 36.4 Å². The van der Waals surface area contributed by atoms with Crippen LogP contribution in [0.15, 0.2) is 47.4 Å². The number of anilines is 1. The Hall–Kier alpha value is -1.99. The minimum atomic E-state index is -0.477. The Morgan fingerprint density at radius 2 is 1.78 bits per heavy atom. The van der Waals surface area contributed by atoms with Crippen molar-refractivity contribution in [2.75, 3.05) is 24.4 Å². The zero-order valence-electron chi connectivity index (χ0n) is 14.2. The van der Waals surface area contributed by atoms with Crippen molar-refractivity contribution in [1.82, 2.24) is 0 Å². The van der Waals surface area contributed by atoms with Crippen molar-refractivity contribution in [3.63, 3.8) is 0 Å². The van der Waals surface area contributed by atoms with Gasteiger partial charge in [-0.05, 0) is 36.4 Å². The number of rotatable bonds is 6. The van der Waals surface area contributed by atoms with Crippen LogP contribution < -0.4 is 9.64 Å². The van der Waals surface area contributed by atoms with Gasteiger partial charge in [-0.15, -0.1) is 11.8 Å². The molecule has 0 fully saturated rings. The predicted molar refractivity (Wildman–Crippen MR) is 108 cm³/mol. The van der Waals surface area contributed by atoms with Gasteiger partial charge in [-0.3, -0.25) is 9.59 Å². The Morgan fingerprint density at radius 1 is 1.07 bits per heavy atom. The number of hydrogen-bond donors (Lipinski definition) is 1. The Labute approximate surface area is 170 Å². The first-order chi connectivity index (χ1) is 13.0. The minimum absolute atomic E-state index is 0.125. The molecule has 0 atom stereocenters. The van der Waals surface area contributed by atoms with Crippen LogP contribution in [0.3, 0.4) is 0 Å². The van der Waals surface area contributed by atoms with Crippen LogP contribution in [0.2, 0.25) is 10.0 Å². The number of nitrogens with zero attached hydrogens (tertiary/aromatic N) is 1. The number of methoxy groups -OCH3 is 1. The van der Waals surface area contributed by atoms with Gasteiger partial charge in [0.25, 0.3) is 11.8 Å². The number of carbonyl (C=O) groups excluding carboxylic acids is 2. The molecule has 0 radical (unpaired) electrons. The summed E-state index contributed by atoms with van der Waals surface area (Å²) in [6, 6.07) is 11.4. The summed E-state index contributed by atoms with van der Waals surface area (Å²) < 4.78 is 5.12. The van der Waals surface area contributed by atoms with E-state index in [9.17, 15) is 9.59 Å². The number of imide groups is 1. The monoisotopic (exact) mass is 423 g/mol. The van der Waals surface area contributed by atoms with Crippen LogP contribution in [0.4, 0.5) is 5.69 Å². The van der Waals surface area contributed by atoms with Gasteiger partial charge in [-0.1, -0.05) is 29.3 Å². The van der Waals surface area contributed by atoms with Gasteiger partial charge in [-0.2, -0.15) is 0 Å². The molecule has 0 aliphatic carbocycles. The van der Waals surface area contributed by atoms with Gasteiger partial charge in [0.15, 0.2) is 0 Å². The van der Waals surface area contributed by atoms with Gasteiger partial charge in [0.1, 0.15) is 5.75 Å². The molecule has 1 aliphatic rings. The Bertz CT molecular complexity index is 928. The van der Waals surface area contributed by atoms with E-state index in [4.69, 9.17) is 33.0 Å². The molecule has 0 spiro atoms. The molecule has 0 aromatic heterocycles. The summed E-state index contributed by atoms with van der Waals surface area (Å²) in [7, 11) is 1.53. The first-order valence-corrected chi connectivity index (χ1v) is 9.68. The Kier molecular flexibility index (Phi) is 6.11. The van der Waals surface area contributed by atoms with Gasteiger partial charge >= 0.3 is 0 Å². The van der Waals surface area contributed by atoms with E-state index < -0.39 is 11.8 Å². The average Bonchev–Trinajstić information content (AvgIpc) is 2.90. The zero-order valence-corrected chi connectivity index (χ0v) is 16.6. The van der Waals surface area contributed by atoms with Crippen molar-refractivity contribution in [1.29, 1.82) is 0 Å². The molecule has 2 aromatic rings. The fraction of sp³-hybridized carbons (Fsp3) is 0.158. The summed E-state index contributed by atoms with van der Waals surface area (Å²) in [6.07, 6.45) is 0. The molecule has 0 unspecified atom stereocenters. The van der Waals surface area contributed by atoms with Crippen molar-refractivity contribution >= 4 is 58.0 Å². The number of halogens is 2. The number of hydrogen-bond acceptors (Lipinski definition) is 5. The Morgan fingerprint density at radius 3 is 2.37 bits per heavy atom. The first kappa shape index (κ1) is 19.8. The largest absolute Gasteiger partial charge is 0.497 e. The van der Waals surface area contributed by atoms with Gasteiger partial charge in [0, 0.05) is 16.3 Å². The predicted octanol–water partition coefficient (Wildman–Crippen LogP) is 4.01. The molecule has 0 bridgehead atoms. The summed E-state index contributed by atoms with van der Waals surface area (Å²) in [5, 5.41) is 9.86. The van der Waals surface area contributed by atoms with Crippen molar-refractivity contribution < 1.29 is 19.4 Å². The lowest BCUT2D eigenvalue weighted by atomic mass is 10.1. The van der Waals surface area contributed by atoms with E-state index in [0.717, 1.165) is 16.7 Å². The second-order valence-electron chi connectivity index (χ2n) is 5.54. The van der Waals surface area contributed by atoms with E-state index in [1.165, 1.54) is 13.2 Å². The SMILES string of the molecule is COc1ccc(N2C(=O)C(SCCO)=C(c3ccc(Cl)cc3Cl)C2=O)cc1. The maximum atomic E-state index is 13.1. The summed E-state index contributed by atoms with van der Waals surface area (Å²) in [5.41, 5.74) is 1.06. The van der Waals surface area contributed by atoms with Crippen LogP contribution in [0.5, 0.6) is 5.75 Å². The topological polar surface area (TPSA) is 66.8 Å². The third-order valence-electron chi connectivity index (χ3n) is 3.91. The molecular formula is C19H15Cl2NO4S. The van der Waals surface area contributed by atoms with Crippen molar-refractivity contribution in [3.8, 4) is 5.75 Å². The maximum Gasteiger partial charge on any atom is 0.272 e. The average molecular weight is 424 g/mol. The summed E-state index contributed by atoms with van der Waals surface area (Å²) >= 11 is 13.3. The third-order valence-corrected chi connectivity index (χ3v) is 5.51. The van der Waals surface area contributed by atoms with Gasteiger partial charge in [-0.25, -0.2) is 4.90 Å². The lowest BCUT2D eigenvalue weighted by molar-refractivity contribution is -0.119. The standard InChI is InChI=1S/C19H15Cl2NO4S/c1-26-13-5-3-12(4-6-13)22-18(24)16(17(19(22)25)27-9-8-23)14-7-2-11(20)10-15(14)21/h2-7,10,23H,8-9H2,1H3. The number of carbonyl (C=O) groups is 2. The molecule has 140 valence electrons. The molecule has 5 nitrogen and oxygen atoms in total. The molecule has 2 amide bonds. The normalized spacial score (nSPS) is 14.3. The highest BCUT2D eigenvalue weighted by molar-refractivity contribution is 8.04. The number of amides is 2. The number of ether oxygens (including phenoxy) is 1. The highest BCUT2D eigenvalue weighted by atomic mass is 35.5. The molecule has 1 aliphatic heterocycles. The van der Waals surface area contributed by atoms with E-state index in [0.29, 0.717) is 22.0 Å². The fourth-order valence-corrected chi connectivity index (χ4v) is 4.04. The van der Waals surface area contributed by atoms with Crippen molar-refractivity contribution in [2.24, 2.45) is 0 Å². The number of benzene rings is 2. The van der Waals surface area contributed by atoms with Crippen molar-refractivity contribution in [2.45, 2.75) is 0 Å². The van der Waals surface area contributed by atoms with Crippen LogP contribution in [0.1, 0.15) is 5.56 Å². The molecule has 1 heterocycles. The number of thioether (sulfide) groups is 1. The van der Waals surface area contributed by atoms with Crippen LogP contribution in [0.25, 0.3) is 5.57 Å². The van der Waals surface area contributed by atoms with Crippen LogP contribution >= 0.6 is 35.0 Å². The van der Waals surface area contributed by atoms with E-state index in [1.807, 2.05) is 0 Å². The molecule has 2 aromatic carbocycles. The second-order valence-corrected chi connectivity index (χ2v) is 7.49. The van der Waals surface area contributed by atoms with Crippen molar-refractivity contribution in [3.05, 3.63) is 63.0 Å². The third kappa shape index (κ3) is 3.84. The summed E-state index contributed by atoms with van der Waals surface area (Å²) in [4.78, 5) is 27.5. The highest BCUT2D eigenvalue weighted by Gasteiger charge is 2.40. The van der Waals surface area contributed by atoms with E-state index in [1.54, 1.807) is 36.4 Å². The molecule has 0 saturated heterocycles. The van der Waals surface area contributed by atoms with Gasteiger partial charge in [0.2, 0.25) is 0 Å². The zero-order chi connectivity index (χ0) is 19.6. The van der Waals surface area contributed by atoms with E-state index >= 15 is 0 Å². The Balaban J connectivity index is 2.08. The van der Waals surface area contributed by atoms with Crippen LogP contribution in [-0.2, 0) is 9.59 Å². The fourth-order valence-electron chi connectivity index (χ4n) is 2.69. The lowest BCUT2D eigenvalue weighted by Crippen LogP contribution is -2.31. The van der Waals surface area contributed by atoms with E-state index in [-0.39, 0.29) is 27.9 Å². The quantitative estimate of drug-likeness (QED) is 0.710. The molecule has 1 N–H and O–H groups in total. The first-order valence-electron chi connectivity index (χ1n) is 7.94. The maximum absolute atomic E-state index is 13.1. The molecule has 0 saturated carbocycles. The van der Waals surface area contributed by atoms with Crippen LogP contribution in [0, 0.1) is 0 Å². The minimum Gasteiger partial charge on any atom is -0.497 e. The molecular weight excluding hydrogens is 409 g/mol. The molecule has 8 heteroatoms.